The van der Waals surface area contributed by atoms with Crippen molar-refractivity contribution in [3.63, 3.8) is 0 Å². The van der Waals surface area contributed by atoms with Crippen molar-refractivity contribution >= 4 is 5.97 Å². The third-order valence-corrected chi connectivity index (χ3v) is 2.39. The van der Waals surface area contributed by atoms with Crippen molar-refractivity contribution < 1.29 is 9.90 Å². The average molecular weight is 245 g/mol. The van der Waals surface area contributed by atoms with Crippen molar-refractivity contribution in [3.8, 4) is 6.07 Å². The zero-order chi connectivity index (χ0) is 13.4. The van der Waals surface area contributed by atoms with E-state index in [2.05, 4.69) is 17.6 Å². The van der Waals surface area contributed by atoms with E-state index in [1.165, 1.54) is 0 Å². The highest BCUT2D eigenvalue weighted by Gasteiger charge is 2.11. The molecule has 0 aliphatic heterocycles. The van der Waals surface area contributed by atoms with Gasteiger partial charge in [0.05, 0.1) is 6.07 Å². The Labute approximate surface area is 106 Å². The molecule has 0 amide bonds. The van der Waals surface area contributed by atoms with E-state index >= 15 is 0 Å². The largest absolute Gasteiger partial charge is 0.478 e. The molecule has 0 aliphatic carbocycles. The molecular formula is C13H15N3O2. The maximum atomic E-state index is 10.8. The number of aromatic nitrogens is 1. The van der Waals surface area contributed by atoms with Crippen LogP contribution in [0.2, 0.25) is 0 Å². The minimum Gasteiger partial charge on any atom is -0.478 e. The molecule has 94 valence electrons. The molecule has 0 aromatic carbocycles. The van der Waals surface area contributed by atoms with Gasteiger partial charge in [-0.1, -0.05) is 12.6 Å². The van der Waals surface area contributed by atoms with Crippen LogP contribution in [0.15, 0.2) is 36.7 Å². The topological polar surface area (TPSA) is 77.2 Å². The second-order valence-electron chi connectivity index (χ2n) is 3.89. The van der Waals surface area contributed by atoms with Crippen molar-refractivity contribution in [2.24, 2.45) is 0 Å². The quantitative estimate of drug-likeness (QED) is 0.735. The first-order valence-corrected chi connectivity index (χ1v) is 5.52. The average Bonchev–Trinajstić information content (AvgIpc) is 2.37. The van der Waals surface area contributed by atoms with Gasteiger partial charge in [0.15, 0.2) is 0 Å². The Kier molecular flexibility index (Phi) is 5.55. The number of hydrogen-bond donors (Lipinski definition) is 1. The monoisotopic (exact) mass is 245 g/mol. The molecule has 0 radical (unpaired) electrons. The van der Waals surface area contributed by atoms with Gasteiger partial charge in [-0.3, -0.25) is 9.88 Å². The summed E-state index contributed by atoms with van der Waals surface area (Å²) in [6.45, 7) is 4.81. The summed E-state index contributed by atoms with van der Waals surface area (Å²) in [7, 11) is 0. The lowest BCUT2D eigenvalue weighted by molar-refractivity contribution is -0.132. The van der Waals surface area contributed by atoms with Crippen LogP contribution in [0.4, 0.5) is 0 Å². The van der Waals surface area contributed by atoms with Crippen LogP contribution in [0.25, 0.3) is 0 Å². The van der Waals surface area contributed by atoms with Crippen molar-refractivity contribution in [2.75, 3.05) is 13.1 Å². The Morgan fingerprint density at radius 1 is 1.61 bits per heavy atom. The second kappa shape index (κ2) is 7.20. The summed E-state index contributed by atoms with van der Waals surface area (Å²) < 4.78 is 0. The van der Waals surface area contributed by atoms with Gasteiger partial charge in [-0.25, -0.2) is 4.79 Å². The molecule has 5 nitrogen and oxygen atoms in total. The standard InChI is InChI=1S/C13H15N3O2/c1-11(13(17)18)9-16(7-3-5-14)10-12-4-2-6-15-8-12/h2,4,6,8H,1,3,7,9-10H2,(H,17,18). The Balaban J connectivity index is 2.64. The number of carboxylic acids is 1. The van der Waals surface area contributed by atoms with E-state index in [4.69, 9.17) is 10.4 Å². The Morgan fingerprint density at radius 2 is 2.39 bits per heavy atom. The Morgan fingerprint density at radius 3 is 2.94 bits per heavy atom. The van der Waals surface area contributed by atoms with E-state index in [-0.39, 0.29) is 12.1 Å². The number of hydrogen-bond acceptors (Lipinski definition) is 4. The minimum atomic E-state index is -1.01. The number of pyridine rings is 1. The predicted molar refractivity (Wildman–Crippen MR) is 66.5 cm³/mol. The van der Waals surface area contributed by atoms with Crippen molar-refractivity contribution in [2.45, 2.75) is 13.0 Å². The molecule has 0 saturated carbocycles. The maximum absolute atomic E-state index is 10.8. The molecular weight excluding hydrogens is 230 g/mol. The molecule has 1 aromatic heterocycles. The Hall–Kier alpha value is -2.19. The zero-order valence-electron chi connectivity index (χ0n) is 10.0. The van der Waals surface area contributed by atoms with E-state index < -0.39 is 5.97 Å². The summed E-state index contributed by atoms with van der Waals surface area (Å²) in [6.07, 6.45) is 3.76. The number of nitrogens with zero attached hydrogens (tertiary/aromatic N) is 3. The van der Waals surface area contributed by atoms with Crippen LogP contribution in [-0.2, 0) is 11.3 Å². The highest BCUT2D eigenvalue weighted by Crippen LogP contribution is 2.06. The van der Waals surface area contributed by atoms with Crippen molar-refractivity contribution in [3.05, 3.63) is 42.2 Å². The maximum Gasteiger partial charge on any atom is 0.332 e. The minimum absolute atomic E-state index is 0.122. The van der Waals surface area contributed by atoms with E-state index in [9.17, 15) is 4.79 Å². The summed E-state index contributed by atoms with van der Waals surface area (Å²) in [5.41, 5.74) is 1.10. The number of aliphatic carboxylic acids is 1. The molecule has 1 aromatic rings. The fourth-order valence-electron chi connectivity index (χ4n) is 1.51. The van der Waals surface area contributed by atoms with Crippen LogP contribution < -0.4 is 0 Å². The normalized spacial score (nSPS) is 10.0. The molecule has 0 saturated heterocycles. The van der Waals surface area contributed by atoms with Crippen LogP contribution in [0, 0.1) is 11.3 Å². The number of carbonyl (C=O) groups is 1. The Bertz CT molecular complexity index is 451. The van der Waals surface area contributed by atoms with Crippen LogP contribution in [0.1, 0.15) is 12.0 Å². The predicted octanol–water partition coefficient (Wildman–Crippen LogP) is 1.44. The van der Waals surface area contributed by atoms with Crippen LogP contribution in [0.3, 0.4) is 0 Å². The van der Waals surface area contributed by atoms with Gasteiger partial charge < -0.3 is 5.11 Å². The van der Waals surface area contributed by atoms with Gasteiger partial charge >= 0.3 is 5.97 Å². The molecule has 1 heterocycles. The second-order valence-corrected chi connectivity index (χ2v) is 3.89. The molecule has 5 heteroatoms. The fourth-order valence-corrected chi connectivity index (χ4v) is 1.51. The molecule has 0 atom stereocenters. The lowest BCUT2D eigenvalue weighted by Gasteiger charge is -2.20. The third-order valence-electron chi connectivity index (χ3n) is 2.39. The smallest absolute Gasteiger partial charge is 0.332 e. The van der Waals surface area contributed by atoms with E-state index in [1.807, 2.05) is 17.0 Å². The van der Waals surface area contributed by atoms with Gasteiger partial charge in [0.1, 0.15) is 0 Å². The van der Waals surface area contributed by atoms with Crippen molar-refractivity contribution in [1.82, 2.24) is 9.88 Å². The third kappa shape index (κ3) is 4.76. The summed E-state index contributed by atoms with van der Waals surface area (Å²) in [5.74, 6) is -1.01. The van der Waals surface area contributed by atoms with Crippen LogP contribution in [-0.4, -0.2) is 34.0 Å². The molecule has 18 heavy (non-hydrogen) atoms. The lowest BCUT2D eigenvalue weighted by atomic mass is 10.2. The first-order valence-electron chi connectivity index (χ1n) is 5.52. The van der Waals surface area contributed by atoms with Gasteiger partial charge in [-0.2, -0.15) is 5.26 Å². The summed E-state index contributed by atoms with van der Waals surface area (Å²) >= 11 is 0. The van der Waals surface area contributed by atoms with Gasteiger partial charge in [-0.15, -0.1) is 0 Å². The van der Waals surface area contributed by atoms with Crippen LogP contribution in [0.5, 0.6) is 0 Å². The molecule has 0 fully saturated rings. The molecule has 1 rings (SSSR count). The number of carboxylic acid groups (broad SMARTS) is 1. The van der Waals surface area contributed by atoms with E-state index in [0.29, 0.717) is 19.5 Å². The SMILES string of the molecule is C=C(CN(CCC#N)Cc1cccnc1)C(=O)O. The number of nitriles is 1. The van der Waals surface area contributed by atoms with Gasteiger partial charge in [0.2, 0.25) is 0 Å². The van der Waals surface area contributed by atoms with Gasteiger partial charge in [0.25, 0.3) is 0 Å². The molecule has 1 N–H and O–H groups in total. The first-order chi connectivity index (χ1) is 8.63. The van der Waals surface area contributed by atoms with Gasteiger partial charge in [-0.05, 0) is 11.6 Å². The summed E-state index contributed by atoms with van der Waals surface area (Å²) in [4.78, 5) is 16.6. The first kappa shape index (κ1) is 13.9. The highest BCUT2D eigenvalue weighted by atomic mass is 16.4. The molecule has 0 unspecified atom stereocenters. The molecule has 0 bridgehead atoms. The molecule has 0 spiro atoms. The van der Waals surface area contributed by atoms with Crippen molar-refractivity contribution in [1.29, 1.82) is 5.26 Å². The van der Waals surface area contributed by atoms with E-state index in [1.54, 1.807) is 12.4 Å². The lowest BCUT2D eigenvalue weighted by Crippen LogP contribution is -2.28. The highest BCUT2D eigenvalue weighted by molar-refractivity contribution is 5.86. The molecule has 0 aliphatic rings. The zero-order valence-corrected chi connectivity index (χ0v) is 10.0. The van der Waals surface area contributed by atoms with E-state index in [0.717, 1.165) is 5.56 Å². The summed E-state index contributed by atoms with van der Waals surface area (Å²) in [6, 6.07) is 5.79. The van der Waals surface area contributed by atoms with Gasteiger partial charge in [0, 0.05) is 44.0 Å². The van der Waals surface area contributed by atoms with Crippen LogP contribution >= 0.6 is 0 Å². The fraction of sp³-hybridized carbons (Fsp3) is 0.308. The number of rotatable bonds is 7. The summed E-state index contributed by atoms with van der Waals surface area (Å²) in [5, 5.41) is 17.4.